The van der Waals surface area contributed by atoms with Crippen LogP contribution >= 0.6 is 11.6 Å². The summed E-state index contributed by atoms with van der Waals surface area (Å²) >= 11 is 5.95. The lowest BCUT2D eigenvalue weighted by molar-refractivity contribution is -0.121. The van der Waals surface area contributed by atoms with Crippen LogP contribution in [0.4, 0.5) is 0 Å². The molecule has 34 heavy (non-hydrogen) atoms. The van der Waals surface area contributed by atoms with Crippen molar-refractivity contribution < 1.29 is 17.9 Å². The number of carbonyl (C=O) groups excluding carboxylic acids is 1. The van der Waals surface area contributed by atoms with Crippen molar-refractivity contribution in [3.63, 3.8) is 0 Å². The maximum Gasteiger partial charge on any atom is 0.243 e. The molecule has 0 unspecified atom stereocenters. The molecule has 0 aliphatic carbocycles. The number of amides is 1. The zero-order valence-corrected chi connectivity index (χ0v) is 21.1. The Morgan fingerprint density at radius 2 is 1.74 bits per heavy atom. The fraction of sp³-hybridized carbons (Fsp3) is 0.269. The number of halogens is 1. The van der Waals surface area contributed by atoms with E-state index in [1.54, 1.807) is 31.2 Å². The number of nitrogens with one attached hydrogen (secondary N) is 1. The minimum absolute atomic E-state index is 0.123. The van der Waals surface area contributed by atoms with Gasteiger partial charge >= 0.3 is 0 Å². The van der Waals surface area contributed by atoms with Gasteiger partial charge in [-0.05, 0) is 67.3 Å². The predicted octanol–water partition coefficient (Wildman–Crippen LogP) is 4.77. The van der Waals surface area contributed by atoms with Gasteiger partial charge in [0.1, 0.15) is 5.75 Å². The highest BCUT2D eigenvalue weighted by Crippen LogP contribution is 2.24. The van der Waals surface area contributed by atoms with Crippen molar-refractivity contribution in [2.24, 2.45) is 0 Å². The molecule has 0 aliphatic rings. The van der Waals surface area contributed by atoms with Gasteiger partial charge in [0.15, 0.2) is 0 Å². The molecule has 0 fully saturated rings. The summed E-state index contributed by atoms with van der Waals surface area (Å²) < 4.78 is 33.5. The van der Waals surface area contributed by atoms with Crippen LogP contribution in [0.5, 0.6) is 5.75 Å². The van der Waals surface area contributed by atoms with E-state index >= 15 is 0 Å². The second-order valence-electron chi connectivity index (χ2n) is 8.05. The average Bonchev–Trinajstić information content (AvgIpc) is 2.82. The molecule has 1 amide bonds. The van der Waals surface area contributed by atoms with Crippen LogP contribution < -0.4 is 10.1 Å². The maximum atomic E-state index is 13.5. The lowest BCUT2D eigenvalue weighted by atomic mass is 10.1. The lowest BCUT2D eigenvalue weighted by Gasteiger charge is -2.23. The number of carbonyl (C=O) groups is 1. The quantitative estimate of drug-likeness (QED) is 0.435. The van der Waals surface area contributed by atoms with Crippen LogP contribution in [0.3, 0.4) is 0 Å². The van der Waals surface area contributed by atoms with Gasteiger partial charge in [-0.25, -0.2) is 8.42 Å². The minimum Gasteiger partial charge on any atom is -0.496 e. The number of hydrogen-bond donors (Lipinski definition) is 1. The fourth-order valence-electron chi connectivity index (χ4n) is 3.63. The van der Waals surface area contributed by atoms with Crippen molar-refractivity contribution in [3.8, 4) is 5.75 Å². The van der Waals surface area contributed by atoms with Crippen LogP contribution in [0.1, 0.15) is 29.7 Å². The number of benzene rings is 3. The molecule has 1 atom stereocenters. The van der Waals surface area contributed by atoms with E-state index in [2.05, 4.69) is 5.32 Å². The van der Waals surface area contributed by atoms with Crippen LogP contribution in [0.2, 0.25) is 5.02 Å². The number of rotatable bonds is 10. The van der Waals surface area contributed by atoms with Gasteiger partial charge in [0.2, 0.25) is 15.9 Å². The van der Waals surface area contributed by atoms with Crippen LogP contribution in [0, 0.1) is 6.92 Å². The first-order valence-electron chi connectivity index (χ1n) is 10.9. The van der Waals surface area contributed by atoms with E-state index in [9.17, 15) is 13.2 Å². The SMILES string of the molecule is COc1ccc(S(=O)(=O)N(CCc2ccccc2)CC(=O)N[C@H](C)c2ccc(Cl)cc2)cc1C. The molecule has 0 spiro atoms. The van der Waals surface area contributed by atoms with Gasteiger partial charge in [-0.1, -0.05) is 54.1 Å². The Balaban J connectivity index is 1.81. The third kappa shape index (κ3) is 6.59. The molecule has 3 rings (SSSR count). The second-order valence-corrected chi connectivity index (χ2v) is 10.4. The summed E-state index contributed by atoms with van der Waals surface area (Å²) in [6.07, 6.45) is 0.481. The van der Waals surface area contributed by atoms with Crippen molar-refractivity contribution in [3.05, 3.63) is 94.5 Å². The summed E-state index contributed by atoms with van der Waals surface area (Å²) in [5.74, 6) is 0.216. The fourth-order valence-corrected chi connectivity index (χ4v) is 5.23. The zero-order chi connectivity index (χ0) is 24.7. The van der Waals surface area contributed by atoms with Crippen molar-refractivity contribution in [2.45, 2.75) is 31.2 Å². The molecule has 0 radical (unpaired) electrons. The van der Waals surface area contributed by atoms with Gasteiger partial charge < -0.3 is 10.1 Å². The van der Waals surface area contributed by atoms with Gasteiger partial charge in [0.25, 0.3) is 0 Å². The Morgan fingerprint density at radius 3 is 2.35 bits per heavy atom. The molecule has 1 N–H and O–H groups in total. The van der Waals surface area contributed by atoms with Gasteiger partial charge in [0.05, 0.1) is 24.6 Å². The highest BCUT2D eigenvalue weighted by Gasteiger charge is 2.27. The molecule has 3 aromatic carbocycles. The van der Waals surface area contributed by atoms with Crippen molar-refractivity contribution in [2.75, 3.05) is 20.2 Å². The second kappa shape index (κ2) is 11.5. The molecule has 0 saturated heterocycles. The van der Waals surface area contributed by atoms with Crippen molar-refractivity contribution in [1.82, 2.24) is 9.62 Å². The molecule has 0 saturated carbocycles. The third-order valence-electron chi connectivity index (χ3n) is 5.56. The first-order chi connectivity index (χ1) is 16.2. The third-order valence-corrected chi connectivity index (χ3v) is 7.66. The van der Waals surface area contributed by atoms with Gasteiger partial charge in [-0.15, -0.1) is 0 Å². The molecular weight excluding hydrogens is 472 g/mol. The summed E-state index contributed by atoms with van der Waals surface area (Å²) in [7, 11) is -2.38. The average molecular weight is 501 g/mol. The summed E-state index contributed by atoms with van der Waals surface area (Å²) in [5, 5.41) is 3.50. The normalized spacial score (nSPS) is 12.4. The molecule has 0 bridgehead atoms. The van der Waals surface area contributed by atoms with Crippen LogP contribution in [0.15, 0.2) is 77.7 Å². The van der Waals surface area contributed by atoms with Gasteiger partial charge in [-0.3, -0.25) is 4.79 Å². The van der Waals surface area contributed by atoms with Gasteiger partial charge in [-0.2, -0.15) is 4.31 Å². The largest absolute Gasteiger partial charge is 0.496 e. The van der Waals surface area contributed by atoms with E-state index in [1.807, 2.05) is 49.4 Å². The highest BCUT2D eigenvalue weighted by molar-refractivity contribution is 7.89. The topological polar surface area (TPSA) is 75.7 Å². The minimum atomic E-state index is -3.92. The Hall–Kier alpha value is -2.87. The Morgan fingerprint density at radius 1 is 1.06 bits per heavy atom. The lowest BCUT2D eigenvalue weighted by Crippen LogP contribution is -2.42. The number of aryl methyl sites for hydroxylation is 1. The number of nitrogens with zero attached hydrogens (tertiary/aromatic N) is 1. The summed E-state index contributed by atoms with van der Waals surface area (Å²) in [4.78, 5) is 13.0. The first kappa shape index (κ1) is 25.7. The first-order valence-corrected chi connectivity index (χ1v) is 12.8. The standard InChI is InChI=1S/C26H29ClN2O4S/c1-19-17-24(13-14-25(19)33-3)34(31,32)29(16-15-21-7-5-4-6-8-21)18-26(30)28-20(2)22-9-11-23(27)12-10-22/h4-14,17,20H,15-16,18H2,1-3H3,(H,28,30)/t20-/m1/s1. The summed E-state index contributed by atoms with van der Waals surface area (Å²) in [5.41, 5.74) is 2.57. The van der Waals surface area contributed by atoms with E-state index in [1.165, 1.54) is 17.5 Å². The van der Waals surface area contributed by atoms with E-state index in [-0.39, 0.29) is 29.9 Å². The molecule has 3 aromatic rings. The summed E-state index contributed by atoms with van der Waals surface area (Å²) in [6.45, 7) is 3.50. The number of hydrogen-bond acceptors (Lipinski definition) is 4. The molecule has 180 valence electrons. The summed E-state index contributed by atoms with van der Waals surface area (Å²) in [6, 6.07) is 21.1. The monoisotopic (exact) mass is 500 g/mol. The Kier molecular flexibility index (Phi) is 8.72. The molecule has 6 nitrogen and oxygen atoms in total. The zero-order valence-electron chi connectivity index (χ0n) is 19.5. The molecular formula is C26H29ClN2O4S. The van der Waals surface area contributed by atoms with E-state index < -0.39 is 10.0 Å². The van der Waals surface area contributed by atoms with Gasteiger partial charge in [0, 0.05) is 11.6 Å². The number of ether oxygens (including phenoxy) is 1. The van der Waals surface area contributed by atoms with Crippen molar-refractivity contribution in [1.29, 1.82) is 0 Å². The van der Waals surface area contributed by atoms with Crippen LogP contribution in [0.25, 0.3) is 0 Å². The number of methoxy groups -OCH3 is 1. The Bertz CT molecular complexity index is 1220. The van der Waals surface area contributed by atoms with Crippen molar-refractivity contribution >= 4 is 27.5 Å². The van der Waals surface area contributed by atoms with E-state index in [0.717, 1.165) is 11.1 Å². The highest BCUT2D eigenvalue weighted by atomic mass is 35.5. The van der Waals surface area contributed by atoms with Crippen LogP contribution in [-0.2, 0) is 21.2 Å². The van der Waals surface area contributed by atoms with Crippen LogP contribution in [-0.4, -0.2) is 38.8 Å². The Labute approximate surface area is 206 Å². The number of sulfonamides is 1. The molecule has 0 aliphatic heterocycles. The van der Waals surface area contributed by atoms with E-state index in [4.69, 9.17) is 16.3 Å². The molecule has 0 heterocycles. The predicted molar refractivity (Wildman–Crippen MR) is 135 cm³/mol. The molecule has 8 heteroatoms. The molecule has 0 aromatic heterocycles. The smallest absolute Gasteiger partial charge is 0.243 e. The maximum absolute atomic E-state index is 13.5. The van der Waals surface area contributed by atoms with E-state index in [0.29, 0.717) is 22.8 Å².